The molecule has 0 spiro atoms. The molecule has 3 aromatic rings. The molecule has 1 aromatic heterocycles. The minimum Gasteiger partial charge on any atom is -0.460 e. The highest BCUT2D eigenvalue weighted by Crippen LogP contribution is 2.15. The molecule has 3 rings (SSSR count). The number of amides is 2. The number of aromatic nitrogens is 1. The Kier molecular flexibility index (Phi) is 14.5. The minimum atomic E-state index is -1.02. The zero-order valence-electron chi connectivity index (χ0n) is 27.4. The molecule has 0 saturated heterocycles. The van der Waals surface area contributed by atoms with Gasteiger partial charge in [0.1, 0.15) is 17.5 Å². The number of rotatable bonds is 18. The number of nitrogens with one attached hydrogen (secondary N) is 4. The zero-order valence-corrected chi connectivity index (χ0v) is 28.2. The minimum absolute atomic E-state index is 0.0218. The van der Waals surface area contributed by atoms with Gasteiger partial charge in [0, 0.05) is 48.8 Å². The van der Waals surface area contributed by atoms with Crippen LogP contribution in [-0.4, -0.2) is 57.0 Å². The maximum atomic E-state index is 13.7. The number of nitrogens with zero attached hydrogens (tertiary/aromatic N) is 2. The van der Waals surface area contributed by atoms with E-state index in [1.54, 1.807) is 69.6 Å². The van der Waals surface area contributed by atoms with E-state index in [1.165, 1.54) is 24.1 Å². The van der Waals surface area contributed by atoms with Crippen LogP contribution < -0.4 is 21.1 Å². The van der Waals surface area contributed by atoms with Crippen LogP contribution in [-0.2, 0) is 38.5 Å². The first kappa shape index (κ1) is 37.6. The van der Waals surface area contributed by atoms with Gasteiger partial charge in [-0.05, 0) is 75.3 Å². The van der Waals surface area contributed by atoms with Gasteiger partial charge in [-0.1, -0.05) is 48.3 Å². The van der Waals surface area contributed by atoms with E-state index in [-0.39, 0.29) is 30.9 Å². The molecule has 0 aliphatic carbocycles. The number of nitrogen functional groups attached to an aromatic ring is 1. The van der Waals surface area contributed by atoms with Crippen molar-refractivity contribution in [3.63, 3.8) is 0 Å². The van der Waals surface area contributed by atoms with Crippen molar-refractivity contribution < 1.29 is 24.0 Å². The molecule has 2 atom stereocenters. The Bertz CT molecular complexity index is 1530. The number of benzene rings is 2. The molecule has 0 aliphatic heterocycles. The average molecular weight is 678 g/mol. The van der Waals surface area contributed by atoms with E-state index in [2.05, 4.69) is 20.3 Å². The van der Waals surface area contributed by atoms with Crippen molar-refractivity contribution in [2.45, 2.75) is 77.1 Å². The van der Waals surface area contributed by atoms with Crippen LogP contribution in [0.15, 0.2) is 73.1 Å². The Labute approximate surface area is 284 Å². The molecule has 256 valence electrons. The lowest BCUT2D eigenvalue weighted by Crippen LogP contribution is -2.52. The van der Waals surface area contributed by atoms with Crippen molar-refractivity contribution in [3.05, 3.63) is 105 Å². The number of carbonyl (C=O) groups is 3. The van der Waals surface area contributed by atoms with Gasteiger partial charge in [-0.15, -0.1) is 0 Å². The fourth-order valence-electron chi connectivity index (χ4n) is 4.53. The summed E-state index contributed by atoms with van der Waals surface area (Å²) in [4.78, 5) is 54.2. The zero-order chi connectivity index (χ0) is 35.1. The molecule has 0 saturated carbocycles. The number of pyridine rings is 1. The highest BCUT2D eigenvalue weighted by molar-refractivity contribution is 7.97. The summed E-state index contributed by atoms with van der Waals surface area (Å²) in [5.74, 6) is -0.819. The van der Waals surface area contributed by atoms with Crippen LogP contribution in [0.5, 0.6) is 0 Å². The molecule has 1 heterocycles. The van der Waals surface area contributed by atoms with E-state index >= 15 is 0 Å². The average Bonchev–Trinajstić information content (AvgIpc) is 3.05. The number of esters is 1. The van der Waals surface area contributed by atoms with Crippen LogP contribution >= 0.6 is 11.9 Å². The topological polar surface area (TPSA) is 202 Å². The first-order chi connectivity index (χ1) is 22.8. The van der Waals surface area contributed by atoms with Gasteiger partial charge in [-0.3, -0.25) is 39.6 Å². The summed E-state index contributed by atoms with van der Waals surface area (Å²) < 4.78 is 8.65. The second kappa shape index (κ2) is 18.5. The first-order valence-electron chi connectivity index (χ1n) is 15.5. The number of hydrogen-bond acceptors (Lipinski definition) is 10. The molecule has 0 bridgehead atoms. The third-order valence-corrected chi connectivity index (χ3v) is 7.93. The Morgan fingerprint density at radius 2 is 1.54 bits per heavy atom. The lowest BCUT2D eigenvalue weighted by Gasteiger charge is -2.24. The Morgan fingerprint density at radius 1 is 0.917 bits per heavy atom. The number of nitrogens with two attached hydrogens (primary N) is 1. The number of nitro groups is 1. The van der Waals surface area contributed by atoms with Crippen LogP contribution in [0.25, 0.3) is 0 Å². The maximum Gasteiger partial charge on any atom is 0.306 e. The van der Waals surface area contributed by atoms with Gasteiger partial charge in [0.15, 0.2) is 0 Å². The van der Waals surface area contributed by atoms with Gasteiger partial charge in [-0.2, -0.15) is 0 Å². The maximum absolute atomic E-state index is 13.7. The molecule has 2 unspecified atom stereocenters. The molecule has 0 fully saturated rings. The van der Waals surface area contributed by atoms with Crippen molar-refractivity contribution in [1.82, 2.24) is 20.3 Å². The lowest BCUT2D eigenvalue weighted by atomic mass is 10.0. The Balaban J connectivity index is 1.69. The fraction of sp³-hybridized carbons (Fsp3) is 0.382. The number of non-ortho nitro benzene ring substituents is 1. The van der Waals surface area contributed by atoms with E-state index in [1.807, 2.05) is 12.1 Å². The summed E-state index contributed by atoms with van der Waals surface area (Å²) in [5.41, 5.74) is 8.10. The third kappa shape index (κ3) is 13.5. The smallest absolute Gasteiger partial charge is 0.306 e. The van der Waals surface area contributed by atoms with Crippen LogP contribution in [0.3, 0.4) is 0 Å². The number of aryl methyl sites for hydroxylation is 2. The molecule has 6 N–H and O–H groups in total. The molecule has 2 amide bonds. The molecule has 2 aromatic carbocycles. The van der Waals surface area contributed by atoms with Crippen molar-refractivity contribution in [2.24, 2.45) is 5.73 Å². The number of amidine groups is 1. The van der Waals surface area contributed by atoms with Crippen LogP contribution in [0, 0.1) is 15.5 Å². The van der Waals surface area contributed by atoms with E-state index in [0.717, 1.165) is 16.7 Å². The second-order valence-electron chi connectivity index (χ2n) is 12.1. The highest BCUT2D eigenvalue weighted by atomic mass is 32.2. The van der Waals surface area contributed by atoms with Gasteiger partial charge in [0.25, 0.3) is 5.69 Å². The number of ether oxygens (including phenoxy) is 1. The van der Waals surface area contributed by atoms with Gasteiger partial charge in [0.2, 0.25) is 11.8 Å². The molecule has 0 radical (unpaired) electrons. The fourth-order valence-corrected chi connectivity index (χ4v) is 5.41. The number of hydrogen-bond donors (Lipinski definition) is 5. The molecule has 14 heteroatoms. The van der Waals surface area contributed by atoms with Gasteiger partial charge < -0.3 is 21.1 Å². The number of carbonyl (C=O) groups excluding carboxylic acids is 3. The Hall–Kier alpha value is -4.82. The third-order valence-electron chi connectivity index (χ3n) is 7.07. The predicted octanol–water partition coefficient (Wildman–Crippen LogP) is 3.98. The summed E-state index contributed by atoms with van der Waals surface area (Å²) in [6.07, 6.45) is 4.92. The first-order valence-corrected chi connectivity index (χ1v) is 16.5. The molecular weight excluding hydrogens is 634 g/mol. The standard InChI is InChI=1S/C34H43N7O6S/c1-34(2,3)47-30(42)15-14-28(32(43)38-22-25-4-9-26(10-5-25)31(35)36)39-33(44)29(13-8-24-16-19-37-20-17-24)40-48-21-18-23-6-11-27(12-7-23)41(45)46/h4-7,9-12,16-17,19-20,28-29,40H,8,13-15,18,21-22H2,1-3H3,(H3,35,36)(H,38,43)(H,39,44). The van der Waals surface area contributed by atoms with Crippen LogP contribution in [0.1, 0.15) is 62.3 Å². The lowest BCUT2D eigenvalue weighted by molar-refractivity contribution is -0.384. The van der Waals surface area contributed by atoms with E-state index in [0.29, 0.717) is 30.6 Å². The van der Waals surface area contributed by atoms with Crippen molar-refractivity contribution in [3.8, 4) is 0 Å². The van der Waals surface area contributed by atoms with Gasteiger partial charge >= 0.3 is 5.97 Å². The van der Waals surface area contributed by atoms with Crippen molar-refractivity contribution >= 4 is 41.3 Å². The molecule has 0 aliphatic rings. The van der Waals surface area contributed by atoms with E-state index in [4.69, 9.17) is 15.9 Å². The van der Waals surface area contributed by atoms with Crippen molar-refractivity contribution in [2.75, 3.05) is 5.75 Å². The van der Waals surface area contributed by atoms with Gasteiger partial charge in [-0.25, -0.2) is 0 Å². The highest BCUT2D eigenvalue weighted by Gasteiger charge is 2.27. The predicted molar refractivity (Wildman–Crippen MR) is 185 cm³/mol. The monoisotopic (exact) mass is 677 g/mol. The SMILES string of the molecule is CC(C)(C)OC(=O)CCC(NC(=O)C(CCc1ccncc1)NSCCc1ccc([N+](=O)[O-])cc1)C(=O)NCc1ccc(C(=N)N)cc1. The summed E-state index contributed by atoms with van der Waals surface area (Å²) in [6.45, 7) is 5.43. The molecular formula is C34H43N7O6S. The molecule has 48 heavy (non-hydrogen) atoms. The summed E-state index contributed by atoms with van der Waals surface area (Å²) >= 11 is 1.35. The van der Waals surface area contributed by atoms with E-state index in [9.17, 15) is 24.5 Å². The van der Waals surface area contributed by atoms with Crippen LogP contribution in [0.4, 0.5) is 5.69 Å². The van der Waals surface area contributed by atoms with E-state index < -0.39 is 40.4 Å². The largest absolute Gasteiger partial charge is 0.460 e. The van der Waals surface area contributed by atoms with Gasteiger partial charge in [0.05, 0.1) is 11.0 Å². The Morgan fingerprint density at radius 3 is 2.15 bits per heavy atom. The normalized spacial score (nSPS) is 12.4. The summed E-state index contributed by atoms with van der Waals surface area (Å²) in [7, 11) is 0. The second-order valence-corrected chi connectivity index (χ2v) is 13.0. The summed E-state index contributed by atoms with van der Waals surface area (Å²) in [5, 5.41) is 24.2. The van der Waals surface area contributed by atoms with Crippen LogP contribution in [0.2, 0.25) is 0 Å². The quantitative estimate of drug-likeness (QED) is 0.0249. The number of nitro benzene ring substituents is 1. The summed E-state index contributed by atoms with van der Waals surface area (Å²) in [6, 6.07) is 15.2. The molecule has 13 nitrogen and oxygen atoms in total. The van der Waals surface area contributed by atoms with Crippen molar-refractivity contribution in [1.29, 1.82) is 5.41 Å².